The van der Waals surface area contributed by atoms with Crippen LogP contribution in [0.2, 0.25) is 6.32 Å². The summed E-state index contributed by atoms with van der Waals surface area (Å²) in [5, 5.41) is 27.9. The zero-order chi connectivity index (χ0) is 20.5. The van der Waals surface area contributed by atoms with Gasteiger partial charge in [-0.3, -0.25) is 9.69 Å². The van der Waals surface area contributed by atoms with Gasteiger partial charge in [0, 0.05) is 17.6 Å². The van der Waals surface area contributed by atoms with Crippen LogP contribution in [0.4, 0.5) is 4.39 Å². The van der Waals surface area contributed by atoms with Crippen molar-refractivity contribution in [3.8, 4) is 0 Å². The molecule has 154 valence electrons. The highest BCUT2D eigenvalue weighted by Crippen LogP contribution is 2.42. The number of rotatable bonds is 7. The Morgan fingerprint density at radius 1 is 1.32 bits per heavy atom. The predicted molar refractivity (Wildman–Crippen MR) is 107 cm³/mol. The van der Waals surface area contributed by atoms with Crippen molar-refractivity contribution in [1.82, 2.24) is 4.90 Å². The van der Waals surface area contributed by atoms with Crippen LogP contribution in [0.1, 0.15) is 68.6 Å². The van der Waals surface area contributed by atoms with E-state index < -0.39 is 19.0 Å². The third-order valence-electron chi connectivity index (χ3n) is 6.58. The lowest BCUT2D eigenvalue weighted by molar-refractivity contribution is -0.139. The Kier molecular flexibility index (Phi) is 6.47. The molecule has 3 N–H and O–H groups in total. The van der Waals surface area contributed by atoms with Crippen molar-refractivity contribution in [3.63, 3.8) is 0 Å². The van der Waals surface area contributed by atoms with Crippen LogP contribution in [0.5, 0.6) is 0 Å². The summed E-state index contributed by atoms with van der Waals surface area (Å²) in [6.07, 6.45) is 5.24. The quantitative estimate of drug-likeness (QED) is 0.622. The van der Waals surface area contributed by atoms with Gasteiger partial charge in [-0.15, -0.1) is 0 Å². The molecule has 0 bridgehead atoms. The van der Waals surface area contributed by atoms with Crippen molar-refractivity contribution in [2.45, 2.75) is 76.7 Å². The van der Waals surface area contributed by atoms with Crippen LogP contribution in [-0.4, -0.2) is 45.2 Å². The molecule has 0 aromatic heterocycles. The first-order chi connectivity index (χ1) is 13.2. The fourth-order valence-corrected chi connectivity index (χ4v) is 4.91. The van der Waals surface area contributed by atoms with E-state index in [4.69, 9.17) is 10.0 Å². The number of carbonyl (C=O) groups is 1. The summed E-state index contributed by atoms with van der Waals surface area (Å²) in [4.78, 5) is 14.3. The number of carboxylic acids is 1. The number of aliphatic carboxylic acids is 1. The fourth-order valence-electron chi connectivity index (χ4n) is 4.91. The van der Waals surface area contributed by atoms with E-state index in [1.54, 1.807) is 6.07 Å². The summed E-state index contributed by atoms with van der Waals surface area (Å²) >= 11 is 0. The Bertz CT molecular complexity index is 725. The first-order valence-electron chi connectivity index (χ1n) is 10.3. The van der Waals surface area contributed by atoms with E-state index in [2.05, 4.69) is 18.7 Å². The molecule has 0 radical (unpaired) electrons. The number of hydrogen-bond donors (Lipinski definition) is 3. The second-order valence-electron chi connectivity index (χ2n) is 9.03. The van der Waals surface area contributed by atoms with Crippen molar-refractivity contribution < 1.29 is 24.3 Å². The van der Waals surface area contributed by atoms with Crippen LogP contribution in [0.25, 0.3) is 0 Å². The molecule has 0 saturated carbocycles. The molecule has 1 aromatic rings. The van der Waals surface area contributed by atoms with Gasteiger partial charge in [0.1, 0.15) is 5.82 Å². The Balaban J connectivity index is 1.81. The van der Waals surface area contributed by atoms with Gasteiger partial charge in [-0.25, -0.2) is 4.39 Å². The monoisotopic (exact) mass is 391 g/mol. The third kappa shape index (κ3) is 4.58. The van der Waals surface area contributed by atoms with Gasteiger partial charge in [0.05, 0.1) is 5.92 Å². The maximum absolute atomic E-state index is 14.8. The zero-order valence-electron chi connectivity index (χ0n) is 16.8. The standard InChI is InChI=1S/C21H31BFNO4/c1-21(2)7-3-4-9-24(21)13-16-11-17-15(12-18(16)23)10-14(19(17)20(25)26)6-5-8-22(27)28/h11-12,14,19,27-28H,3-10,13H2,1-2H3,(H,25,26)/t14-,19-/m0/s1. The normalized spacial score (nSPS) is 24.2. The van der Waals surface area contributed by atoms with Gasteiger partial charge in [0.2, 0.25) is 0 Å². The topological polar surface area (TPSA) is 81.0 Å². The highest BCUT2D eigenvalue weighted by atomic mass is 19.1. The molecule has 1 heterocycles. The number of halogens is 1. The maximum Gasteiger partial charge on any atom is 0.451 e. The molecule has 2 aliphatic rings. The molecule has 1 saturated heterocycles. The van der Waals surface area contributed by atoms with E-state index in [1.807, 2.05) is 0 Å². The average molecular weight is 391 g/mol. The third-order valence-corrected chi connectivity index (χ3v) is 6.58. The molecule has 1 aliphatic carbocycles. The molecule has 7 heteroatoms. The molecule has 1 fully saturated rings. The number of piperidine rings is 1. The number of hydrogen-bond acceptors (Lipinski definition) is 4. The largest absolute Gasteiger partial charge is 0.481 e. The SMILES string of the molecule is CC1(C)CCCCN1Cc1cc2c(cc1F)C[C@H](CCCB(O)O)[C@@H]2C(=O)O. The van der Waals surface area contributed by atoms with Crippen molar-refractivity contribution in [2.24, 2.45) is 5.92 Å². The summed E-state index contributed by atoms with van der Waals surface area (Å²) in [6.45, 7) is 5.80. The molecule has 0 spiro atoms. The average Bonchev–Trinajstić information content (AvgIpc) is 2.93. The molecule has 2 atom stereocenters. The summed E-state index contributed by atoms with van der Waals surface area (Å²) in [6, 6.07) is 3.30. The van der Waals surface area contributed by atoms with Crippen LogP contribution in [0.15, 0.2) is 12.1 Å². The van der Waals surface area contributed by atoms with E-state index in [0.717, 1.165) is 30.5 Å². The first-order valence-corrected chi connectivity index (χ1v) is 10.3. The number of likely N-dealkylation sites (tertiary alicyclic amines) is 1. The lowest BCUT2D eigenvalue weighted by Gasteiger charge is -2.42. The van der Waals surface area contributed by atoms with E-state index in [0.29, 0.717) is 31.4 Å². The van der Waals surface area contributed by atoms with Crippen LogP contribution in [-0.2, 0) is 17.8 Å². The fraction of sp³-hybridized carbons (Fsp3) is 0.667. The first kappa shape index (κ1) is 21.3. The van der Waals surface area contributed by atoms with Gasteiger partial charge in [-0.05, 0) is 75.5 Å². The molecular weight excluding hydrogens is 360 g/mol. The molecule has 28 heavy (non-hydrogen) atoms. The van der Waals surface area contributed by atoms with Gasteiger partial charge in [-0.2, -0.15) is 0 Å². The Labute approximate surface area is 166 Å². The van der Waals surface area contributed by atoms with Crippen molar-refractivity contribution in [2.75, 3.05) is 6.54 Å². The second kappa shape index (κ2) is 8.51. The molecule has 3 rings (SSSR count). The highest BCUT2D eigenvalue weighted by molar-refractivity contribution is 6.40. The minimum atomic E-state index is -1.37. The van der Waals surface area contributed by atoms with Gasteiger partial charge in [0.25, 0.3) is 0 Å². The van der Waals surface area contributed by atoms with Crippen LogP contribution in [0, 0.1) is 11.7 Å². The number of nitrogens with zero attached hydrogens (tertiary/aromatic N) is 1. The molecule has 5 nitrogen and oxygen atoms in total. The summed E-state index contributed by atoms with van der Waals surface area (Å²) < 4.78 is 14.8. The predicted octanol–water partition coefficient (Wildman–Crippen LogP) is 3.18. The molecular formula is C21H31BFNO4. The minimum absolute atomic E-state index is 0.0174. The van der Waals surface area contributed by atoms with Crippen molar-refractivity contribution >= 4 is 13.1 Å². The van der Waals surface area contributed by atoms with E-state index >= 15 is 0 Å². The van der Waals surface area contributed by atoms with Gasteiger partial charge < -0.3 is 15.2 Å². The zero-order valence-corrected chi connectivity index (χ0v) is 16.8. The number of benzene rings is 1. The Morgan fingerprint density at radius 3 is 2.71 bits per heavy atom. The Hall–Kier alpha value is -1.44. The molecule has 1 aliphatic heterocycles. The summed E-state index contributed by atoms with van der Waals surface area (Å²) in [5.41, 5.74) is 2.10. The summed E-state index contributed by atoms with van der Waals surface area (Å²) in [5.74, 6) is -1.92. The van der Waals surface area contributed by atoms with Crippen molar-refractivity contribution in [3.05, 3.63) is 34.6 Å². The number of fused-ring (bicyclic) bond motifs is 1. The Morgan fingerprint density at radius 2 is 2.07 bits per heavy atom. The second-order valence-corrected chi connectivity index (χ2v) is 9.03. The smallest absolute Gasteiger partial charge is 0.451 e. The number of carboxylic acid groups (broad SMARTS) is 1. The van der Waals surface area contributed by atoms with Gasteiger partial charge in [0.15, 0.2) is 0 Å². The lowest BCUT2D eigenvalue weighted by Crippen LogP contribution is -2.46. The van der Waals surface area contributed by atoms with E-state index in [1.165, 1.54) is 12.5 Å². The molecule has 0 amide bonds. The van der Waals surface area contributed by atoms with Crippen LogP contribution in [0.3, 0.4) is 0 Å². The maximum atomic E-state index is 14.8. The minimum Gasteiger partial charge on any atom is -0.481 e. The highest BCUT2D eigenvalue weighted by Gasteiger charge is 2.38. The van der Waals surface area contributed by atoms with Crippen LogP contribution >= 0.6 is 0 Å². The van der Waals surface area contributed by atoms with E-state index in [-0.39, 0.29) is 23.6 Å². The van der Waals surface area contributed by atoms with Gasteiger partial charge >= 0.3 is 13.1 Å². The molecule has 0 unspecified atom stereocenters. The van der Waals surface area contributed by atoms with Gasteiger partial charge in [-0.1, -0.05) is 18.9 Å². The lowest BCUT2D eigenvalue weighted by atomic mass is 9.80. The summed E-state index contributed by atoms with van der Waals surface area (Å²) in [7, 11) is -1.37. The molecule has 1 aromatic carbocycles. The van der Waals surface area contributed by atoms with Crippen LogP contribution < -0.4 is 0 Å². The van der Waals surface area contributed by atoms with Crippen molar-refractivity contribution in [1.29, 1.82) is 0 Å². The van der Waals surface area contributed by atoms with E-state index in [9.17, 15) is 14.3 Å².